The van der Waals surface area contributed by atoms with Gasteiger partial charge in [-0.2, -0.15) is 0 Å². The van der Waals surface area contributed by atoms with Crippen LogP contribution < -0.4 is 0 Å². The standard InChI is InChI=1S/C20H29FN5O2P/c1-11-12(8-27-19(2,3)4)16(28-20(5,6)7)13(21)15(11)26-10-24-14-17(25-29)22-9-23-18(14)26/h9-10,12-13,15-16,29H,1,8H2,2-7H3/t12-,13+,15+,16+/m0/s1. The van der Waals surface area contributed by atoms with Crippen LogP contribution in [0.5, 0.6) is 0 Å². The molecule has 0 bridgehead atoms. The van der Waals surface area contributed by atoms with E-state index in [1.165, 1.54) is 6.33 Å². The van der Waals surface area contributed by atoms with Crippen LogP contribution in [0, 0.1) is 5.92 Å². The molecule has 7 nitrogen and oxygen atoms in total. The monoisotopic (exact) mass is 421 g/mol. The van der Waals surface area contributed by atoms with Crippen LogP contribution in [-0.2, 0) is 9.47 Å². The van der Waals surface area contributed by atoms with Gasteiger partial charge in [-0.25, -0.2) is 24.1 Å². The molecule has 9 heteroatoms. The number of fused-ring (bicyclic) bond motifs is 1. The van der Waals surface area contributed by atoms with E-state index >= 15 is 4.39 Å². The highest BCUT2D eigenvalue weighted by Crippen LogP contribution is 2.45. The van der Waals surface area contributed by atoms with Crippen LogP contribution in [-0.4, -0.2) is 49.6 Å². The van der Waals surface area contributed by atoms with Gasteiger partial charge in [0.15, 0.2) is 23.2 Å². The van der Waals surface area contributed by atoms with Gasteiger partial charge < -0.3 is 14.0 Å². The SMILES string of the molecule is C=C1[C@@H](n2cnc3c(N=P)ncnc32)[C@@H](F)[C@H](OC(C)(C)C)[C@H]1COC(C)(C)C. The lowest BCUT2D eigenvalue weighted by Crippen LogP contribution is -2.38. The molecule has 2 heterocycles. The molecule has 0 N–H and O–H groups in total. The Morgan fingerprint density at radius 2 is 1.86 bits per heavy atom. The number of ether oxygens (including phenoxy) is 2. The van der Waals surface area contributed by atoms with Crippen molar-refractivity contribution in [2.45, 2.75) is 71.1 Å². The summed E-state index contributed by atoms with van der Waals surface area (Å²) in [5.74, 6) is 0.0900. The van der Waals surface area contributed by atoms with E-state index in [2.05, 4.69) is 35.3 Å². The second-order valence-corrected chi connectivity index (χ2v) is 9.55. The van der Waals surface area contributed by atoms with E-state index in [1.54, 1.807) is 10.9 Å². The highest BCUT2D eigenvalue weighted by Gasteiger charge is 2.50. The van der Waals surface area contributed by atoms with Crippen molar-refractivity contribution in [3.8, 4) is 0 Å². The summed E-state index contributed by atoms with van der Waals surface area (Å²) < 4.78 is 33.6. The molecule has 1 aliphatic carbocycles. The first kappa shape index (κ1) is 21.9. The Morgan fingerprint density at radius 3 is 2.45 bits per heavy atom. The van der Waals surface area contributed by atoms with Gasteiger partial charge in [0.1, 0.15) is 12.4 Å². The topological polar surface area (TPSA) is 74.4 Å². The third-order valence-electron chi connectivity index (χ3n) is 4.80. The van der Waals surface area contributed by atoms with Gasteiger partial charge in [-0.3, -0.25) is 0 Å². The van der Waals surface area contributed by atoms with E-state index in [0.29, 0.717) is 29.2 Å². The zero-order chi connectivity index (χ0) is 21.6. The van der Waals surface area contributed by atoms with E-state index < -0.39 is 23.9 Å². The summed E-state index contributed by atoms with van der Waals surface area (Å²) in [6, 6.07) is -0.668. The Labute approximate surface area is 173 Å². The Balaban J connectivity index is 2.01. The van der Waals surface area contributed by atoms with E-state index in [0.717, 1.165) is 0 Å². The number of nitrogens with zero attached hydrogens (tertiary/aromatic N) is 5. The second-order valence-electron chi connectivity index (χ2n) is 9.32. The third kappa shape index (κ3) is 4.55. The van der Waals surface area contributed by atoms with E-state index in [-0.39, 0.29) is 11.5 Å². The van der Waals surface area contributed by atoms with Gasteiger partial charge in [0.2, 0.25) is 0 Å². The van der Waals surface area contributed by atoms with Gasteiger partial charge in [-0.05, 0) is 56.1 Å². The number of aromatic nitrogens is 4. The van der Waals surface area contributed by atoms with Crippen LogP contribution in [0.15, 0.2) is 29.6 Å². The molecule has 3 rings (SSSR count). The van der Waals surface area contributed by atoms with Crippen LogP contribution in [0.2, 0.25) is 0 Å². The number of rotatable bonds is 5. The average molecular weight is 421 g/mol. The van der Waals surface area contributed by atoms with Crippen molar-refractivity contribution < 1.29 is 13.9 Å². The molecule has 158 valence electrons. The summed E-state index contributed by atoms with van der Waals surface area (Å²) in [5.41, 5.74) is 0.830. The van der Waals surface area contributed by atoms with Gasteiger partial charge in [-0.1, -0.05) is 6.58 Å². The number of halogens is 1. The van der Waals surface area contributed by atoms with Crippen LogP contribution in [0.25, 0.3) is 11.2 Å². The zero-order valence-corrected chi connectivity index (χ0v) is 18.8. The minimum absolute atomic E-state index is 0.298. The molecule has 0 radical (unpaired) electrons. The van der Waals surface area contributed by atoms with E-state index in [9.17, 15) is 0 Å². The second kappa shape index (κ2) is 7.82. The fourth-order valence-corrected chi connectivity index (χ4v) is 3.75. The predicted molar refractivity (Wildman–Crippen MR) is 113 cm³/mol. The van der Waals surface area contributed by atoms with Crippen LogP contribution in [0.1, 0.15) is 47.6 Å². The van der Waals surface area contributed by atoms with Crippen molar-refractivity contribution in [1.29, 1.82) is 0 Å². The van der Waals surface area contributed by atoms with Crippen LogP contribution in [0.3, 0.4) is 0 Å². The molecular weight excluding hydrogens is 392 g/mol. The maximum absolute atomic E-state index is 15.8. The average Bonchev–Trinajstić information content (AvgIpc) is 3.11. The van der Waals surface area contributed by atoms with Gasteiger partial charge in [-0.15, -0.1) is 0 Å². The van der Waals surface area contributed by atoms with E-state index in [4.69, 9.17) is 9.47 Å². The molecule has 2 aromatic heterocycles. The summed E-state index contributed by atoms with van der Waals surface area (Å²) in [6.45, 7) is 16.2. The lowest BCUT2D eigenvalue weighted by atomic mass is 10.0. The fourth-order valence-electron chi connectivity index (χ4n) is 3.59. The maximum atomic E-state index is 15.8. The minimum Gasteiger partial charge on any atom is -0.375 e. The predicted octanol–water partition coefficient (Wildman–Crippen LogP) is 4.85. The van der Waals surface area contributed by atoms with Crippen molar-refractivity contribution >= 4 is 26.0 Å². The molecule has 0 amide bonds. The Kier molecular flexibility index (Phi) is 5.91. The summed E-state index contributed by atoms with van der Waals surface area (Å²) in [7, 11) is 3.10. The zero-order valence-electron chi connectivity index (χ0n) is 17.8. The molecule has 1 aliphatic rings. The molecule has 0 aliphatic heterocycles. The van der Waals surface area contributed by atoms with Gasteiger partial charge in [0.05, 0.1) is 30.2 Å². The lowest BCUT2D eigenvalue weighted by Gasteiger charge is -2.31. The Morgan fingerprint density at radius 1 is 1.17 bits per heavy atom. The lowest BCUT2D eigenvalue weighted by molar-refractivity contribution is -0.118. The molecule has 0 unspecified atom stereocenters. The molecule has 2 aromatic rings. The van der Waals surface area contributed by atoms with Crippen LogP contribution in [0.4, 0.5) is 10.2 Å². The fraction of sp³-hybridized carbons (Fsp3) is 0.650. The molecule has 0 spiro atoms. The molecule has 29 heavy (non-hydrogen) atoms. The van der Waals surface area contributed by atoms with Gasteiger partial charge in [0, 0.05) is 5.92 Å². The number of hydrogen-bond acceptors (Lipinski definition) is 6. The molecule has 1 fully saturated rings. The molecule has 4 atom stereocenters. The molecule has 0 saturated heterocycles. The van der Waals surface area contributed by atoms with Gasteiger partial charge in [0.25, 0.3) is 0 Å². The summed E-state index contributed by atoms with van der Waals surface area (Å²) in [4.78, 5) is 12.7. The van der Waals surface area contributed by atoms with Gasteiger partial charge >= 0.3 is 0 Å². The smallest absolute Gasteiger partial charge is 0.187 e. The first-order valence-corrected chi connectivity index (χ1v) is 10.1. The third-order valence-corrected chi connectivity index (χ3v) is 5.01. The Bertz CT molecular complexity index is 918. The number of hydrogen-bond donors (Lipinski definition) is 0. The molecule has 1 saturated carbocycles. The minimum atomic E-state index is -1.33. The normalized spacial score (nSPS) is 25.7. The summed E-state index contributed by atoms with van der Waals surface area (Å²) in [5, 5.41) is 0. The molecular formula is C20H29FN5O2P. The first-order valence-electron chi connectivity index (χ1n) is 9.62. The van der Waals surface area contributed by atoms with Crippen molar-refractivity contribution in [3.05, 3.63) is 24.8 Å². The largest absolute Gasteiger partial charge is 0.375 e. The number of alkyl halides is 1. The summed E-state index contributed by atoms with van der Waals surface area (Å²) >= 11 is 0. The quantitative estimate of drug-likeness (QED) is 0.510. The van der Waals surface area contributed by atoms with Crippen molar-refractivity contribution in [2.75, 3.05) is 6.61 Å². The molecule has 0 aromatic carbocycles. The van der Waals surface area contributed by atoms with Crippen LogP contribution >= 0.6 is 9.03 Å². The van der Waals surface area contributed by atoms with E-state index in [1.807, 2.05) is 41.5 Å². The number of imidazole rings is 1. The highest BCUT2D eigenvalue weighted by molar-refractivity contribution is 7.04. The maximum Gasteiger partial charge on any atom is 0.187 e. The van der Waals surface area contributed by atoms with Crippen molar-refractivity contribution in [1.82, 2.24) is 19.5 Å². The van der Waals surface area contributed by atoms with Crippen molar-refractivity contribution in [2.24, 2.45) is 10.7 Å². The Hall–Kier alpha value is -1.76. The highest BCUT2D eigenvalue weighted by atomic mass is 31.0. The first-order chi connectivity index (χ1) is 13.4. The van der Waals surface area contributed by atoms with Crippen molar-refractivity contribution in [3.63, 3.8) is 0 Å². The summed E-state index contributed by atoms with van der Waals surface area (Å²) in [6.07, 6.45) is 0.929.